The van der Waals surface area contributed by atoms with Crippen LogP contribution in [0.1, 0.15) is 12.7 Å². The summed E-state index contributed by atoms with van der Waals surface area (Å²) in [4.78, 5) is 15.0. The van der Waals surface area contributed by atoms with Crippen LogP contribution in [0.2, 0.25) is 0 Å². The van der Waals surface area contributed by atoms with Gasteiger partial charge in [-0.25, -0.2) is 4.98 Å². The lowest BCUT2D eigenvalue weighted by atomic mass is 10.3. The molecule has 2 aromatic rings. The highest BCUT2D eigenvalue weighted by molar-refractivity contribution is 7.99. The van der Waals surface area contributed by atoms with E-state index in [0.29, 0.717) is 5.75 Å². The Balaban J connectivity index is 2.24. The van der Waals surface area contributed by atoms with E-state index >= 15 is 0 Å². The first-order valence-electron chi connectivity index (χ1n) is 5.46. The van der Waals surface area contributed by atoms with Gasteiger partial charge in [-0.2, -0.15) is 0 Å². The Hall–Kier alpha value is -1.49. The van der Waals surface area contributed by atoms with Gasteiger partial charge in [-0.05, 0) is 19.1 Å². The summed E-state index contributed by atoms with van der Waals surface area (Å²) in [5, 5.41) is 8.61. The number of aryl methyl sites for hydroxylation is 1. The minimum absolute atomic E-state index is 0.118. The van der Waals surface area contributed by atoms with Crippen molar-refractivity contribution >= 4 is 28.8 Å². The number of carboxylic acid groups (broad SMARTS) is 1. The van der Waals surface area contributed by atoms with Crippen molar-refractivity contribution < 1.29 is 9.90 Å². The minimum Gasteiger partial charge on any atom is -0.481 e. The van der Waals surface area contributed by atoms with Crippen LogP contribution < -0.4 is 0 Å². The van der Waals surface area contributed by atoms with Crippen LogP contribution in [-0.4, -0.2) is 26.4 Å². The van der Waals surface area contributed by atoms with Gasteiger partial charge in [-0.15, -0.1) is 11.8 Å². The molecule has 0 bridgehead atoms. The zero-order chi connectivity index (χ0) is 12.3. The maximum atomic E-state index is 10.5. The lowest BCUT2D eigenvalue weighted by Crippen LogP contribution is -2.03. The fourth-order valence-electron chi connectivity index (χ4n) is 1.82. The lowest BCUT2D eigenvalue weighted by Gasteiger charge is -2.04. The summed E-state index contributed by atoms with van der Waals surface area (Å²) >= 11 is 1.38. The molecule has 0 atom stereocenters. The van der Waals surface area contributed by atoms with Crippen molar-refractivity contribution in [3.8, 4) is 0 Å². The molecule has 1 N–H and O–H groups in total. The standard InChI is InChI=1S/C12H14N2O2S/c1-2-14-10-6-4-3-5-9(10)13-11(14)7-17-8-12(15)16/h3-6H,2,7-8H2,1H3,(H,15,16). The number of imidazole rings is 1. The number of hydrogen-bond donors (Lipinski definition) is 1. The molecule has 4 nitrogen and oxygen atoms in total. The molecule has 1 aromatic heterocycles. The molecule has 0 unspecified atom stereocenters. The normalized spacial score (nSPS) is 10.9. The molecule has 0 aliphatic rings. The maximum Gasteiger partial charge on any atom is 0.313 e. The number of fused-ring (bicyclic) bond motifs is 1. The summed E-state index contributed by atoms with van der Waals surface area (Å²) in [6, 6.07) is 7.97. The third-order valence-corrected chi connectivity index (χ3v) is 3.42. The third kappa shape index (κ3) is 2.61. The van der Waals surface area contributed by atoms with Crippen molar-refractivity contribution in [3.63, 3.8) is 0 Å². The van der Waals surface area contributed by atoms with Gasteiger partial charge in [0.05, 0.1) is 22.5 Å². The molecular weight excluding hydrogens is 236 g/mol. The van der Waals surface area contributed by atoms with Crippen LogP contribution in [0.4, 0.5) is 0 Å². The van der Waals surface area contributed by atoms with E-state index in [1.165, 1.54) is 11.8 Å². The highest BCUT2D eigenvalue weighted by Crippen LogP contribution is 2.19. The molecule has 0 saturated carbocycles. The second-order valence-electron chi connectivity index (χ2n) is 3.65. The Morgan fingerprint density at radius 1 is 1.47 bits per heavy atom. The average Bonchev–Trinajstić information content (AvgIpc) is 2.66. The summed E-state index contributed by atoms with van der Waals surface area (Å²) < 4.78 is 2.13. The van der Waals surface area contributed by atoms with Gasteiger partial charge >= 0.3 is 5.97 Å². The van der Waals surface area contributed by atoms with Crippen LogP contribution in [-0.2, 0) is 17.1 Å². The molecule has 90 valence electrons. The van der Waals surface area contributed by atoms with Crippen molar-refractivity contribution in [2.24, 2.45) is 0 Å². The number of thioether (sulfide) groups is 1. The Kier molecular flexibility index (Phi) is 3.68. The minimum atomic E-state index is -0.783. The molecule has 0 amide bonds. The van der Waals surface area contributed by atoms with Gasteiger partial charge in [0.1, 0.15) is 5.82 Å². The molecule has 0 aliphatic heterocycles. The molecule has 0 saturated heterocycles. The topological polar surface area (TPSA) is 55.1 Å². The SMILES string of the molecule is CCn1c(CSCC(=O)O)nc2ccccc21. The van der Waals surface area contributed by atoms with Gasteiger partial charge in [-0.3, -0.25) is 4.79 Å². The second kappa shape index (κ2) is 5.23. The van der Waals surface area contributed by atoms with Crippen LogP contribution in [0.3, 0.4) is 0 Å². The molecule has 0 aliphatic carbocycles. The van der Waals surface area contributed by atoms with E-state index < -0.39 is 5.97 Å². The van der Waals surface area contributed by atoms with E-state index in [-0.39, 0.29) is 5.75 Å². The highest BCUT2D eigenvalue weighted by atomic mass is 32.2. The second-order valence-corrected chi connectivity index (χ2v) is 4.63. The van der Waals surface area contributed by atoms with Crippen LogP contribution >= 0.6 is 11.8 Å². The number of aromatic nitrogens is 2. The van der Waals surface area contributed by atoms with E-state index in [1.807, 2.05) is 24.3 Å². The van der Waals surface area contributed by atoms with Crippen LogP contribution in [0, 0.1) is 0 Å². The Morgan fingerprint density at radius 3 is 2.94 bits per heavy atom. The van der Waals surface area contributed by atoms with E-state index in [2.05, 4.69) is 16.5 Å². The first kappa shape index (κ1) is 12.0. The number of hydrogen-bond acceptors (Lipinski definition) is 3. The van der Waals surface area contributed by atoms with Crippen LogP contribution in [0.15, 0.2) is 24.3 Å². The first-order valence-corrected chi connectivity index (χ1v) is 6.61. The Bertz CT molecular complexity index is 536. The van der Waals surface area contributed by atoms with Crippen molar-refractivity contribution in [1.29, 1.82) is 0 Å². The van der Waals surface area contributed by atoms with E-state index in [9.17, 15) is 4.79 Å². The molecule has 0 fully saturated rings. The van der Waals surface area contributed by atoms with Gasteiger partial charge in [0.2, 0.25) is 0 Å². The van der Waals surface area contributed by atoms with E-state index in [1.54, 1.807) is 0 Å². The van der Waals surface area contributed by atoms with E-state index in [0.717, 1.165) is 23.4 Å². The highest BCUT2D eigenvalue weighted by Gasteiger charge is 2.09. The van der Waals surface area contributed by atoms with Crippen molar-refractivity contribution in [3.05, 3.63) is 30.1 Å². The zero-order valence-electron chi connectivity index (χ0n) is 9.59. The number of rotatable bonds is 5. The molecular formula is C12H14N2O2S. The molecule has 0 spiro atoms. The Morgan fingerprint density at radius 2 is 2.24 bits per heavy atom. The zero-order valence-corrected chi connectivity index (χ0v) is 10.4. The predicted molar refractivity (Wildman–Crippen MR) is 69.2 cm³/mol. The fraction of sp³-hybridized carbons (Fsp3) is 0.333. The molecule has 5 heteroatoms. The number of benzene rings is 1. The van der Waals surface area contributed by atoms with Gasteiger partial charge in [0, 0.05) is 6.54 Å². The smallest absolute Gasteiger partial charge is 0.313 e. The number of nitrogens with zero attached hydrogens (tertiary/aromatic N) is 2. The van der Waals surface area contributed by atoms with Gasteiger partial charge in [-0.1, -0.05) is 12.1 Å². The average molecular weight is 250 g/mol. The van der Waals surface area contributed by atoms with E-state index in [4.69, 9.17) is 5.11 Å². The summed E-state index contributed by atoms with van der Waals surface area (Å²) in [5.74, 6) is 0.913. The summed E-state index contributed by atoms with van der Waals surface area (Å²) in [6.45, 7) is 2.92. The van der Waals surface area contributed by atoms with Gasteiger partial charge in [0.25, 0.3) is 0 Å². The van der Waals surface area contributed by atoms with Gasteiger partial charge < -0.3 is 9.67 Å². The van der Waals surface area contributed by atoms with Crippen molar-refractivity contribution in [2.75, 3.05) is 5.75 Å². The molecule has 2 rings (SSSR count). The third-order valence-electron chi connectivity index (χ3n) is 2.51. The quantitative estimate of drug-likeness (QED) is 0.885. The first-order chi connectivity index (χ1) is 8.22. The number of carbonyl (C=O) groups is 1. The fourth-order valence-corrected chi connectivity index (χ4v) is 2.50. The Labute approximate surface area is 104 Å². The monoisotopic (exact) mass is 250 g/mol. The summed E-state index contributed by atoms with van der Waals surface area (Å²) in [6.07, 6.45) is 0. The summed E-state index contributed by atoms with van der Waals surface area (Å²) in [7, 11) is 0. The predicted octanol–water partition coefficient (Wildman–Crippen LogP) is 2.37. The van der Waals surface area contributed by atoms with Crippen molar-refractivity contribution in [1.82, 2.24) is 9.55 Å². The molecule has 1 aromatic carbocycles. The lowest BCUT2D eigenvalue weighted by molar-refractivity contribution is -0.133. The summed E-state index contributed by atoms with van der Waals surface area (Å²) in [5.41, 5.74) is 2.08. The largest absolute Gasteiger partial charge is 0.481 e. The van der Waals surface area contributed by atoms with Crippen molar-refractivity contribution in [2.45, 2.75) is 19.2 Å². The van der Waals surface area contributed by atoms with Crippen LogP contribution in [0.5, 0.6) is 0 Å². The molecule has 1 heterocycles. The molecule has 0 radical (unpaired) electrons. The maximum absolute atomic E-state index is 10.5. The van der Waals surface area contributed by atoms with Gasteiger partial charge in [0.15, 0.2) is 0 Å². The number of para-hydroxylation sites is 2. The van der Waals surface area contributed by atoms with Crippen LogP contribution in [0.25, 0.3) is 11.0 Å². The molecule has 17 heavy (non-hydrogen) atoms. The number of aliphatic carboxylic acids is 1. The number of carboxylic acids is 1.